The first-order valence-electron chi connectivity index (χ1n) is 5.21. The number of aromatic carboxylic acids is 1. The lowest BCUT2D eigenvalue weighted by Crippen LogP contribution is -2.08. The maximum Gasteiger partial charge on any atom is 0.352 e. The number of nitrogens with zero attached hydrogens (tertiary/aromatic N) is 1. The lowest BCUT2D eigenvalue weighted by atomic mass is 10.1. The molecule has 88 valence electrons. The average molecular weight is 250 g/mol. The van der Waals surface area contributed by atoms with Gasteiger partial charge in [-0.25, -0.2) is 4.79 Å². The fraction of sp³-hybridized carbons (Fsp3) is 0.154. The lowest BCUT2D eigenvalue weighted by molar-refractivity contribution is 0.0685. The molecule has 0 saturated heterocycles. The predicted octanol–water partition coefficient (Wildman–Crippen LogP) is 3.20. The molecule has 0 amide bonds. The highest BCUT2D eigenvalue weighted by molar-refractivity contribution is 6.31. The van der Waals surface area contributed by atoms with Crippen LogP contribution < -0.4 is 0 Å². The van der Waals surface area contributed by atoms with Crippen LogP contribution in [-0.2, 0) is 6.54 Å². The molecule has 0 unspecified atom stereocenters. The third-order valence-corrected chi connectivity index (χ3v) is 2.95. The third-order valence-electron chi connectivity index (χ3n) is 2.60. The first kappa shape index (κ1) is 11.7. The van der Waals surface area contributed by atoms with E-state index in [9.17, 15) is 4.79 Å². The van der Waals surface area contributed by atoms with Gasteiger partial charge in [0.05, 0.1) is 0 Å². The van der Waals surface area contributed by atoms with Crippen LogP contribution >= 0.6 is 11.6 Å². The van der Waals surface area contributed by atoms with Crippen LogP contribution in [0.4, 0.5) is 0 Å². The minimum atomic E-state index is -0.932. The van der Waals surface area contributed by atoms with Gasteiger partial charge in [0.1, 0.15) is 5.69 Å². The van der Waals surface area contributed by atoms with E-state index in [0.29, 0.717) is 11.6 Å². The Kier molecular flexibility index (Phi) is 3.20. The average Bonchev–Trinajstić information content (AvgIpc) is 2.70. The summed E-state index contributed by atoms with van der Waals surface area (Å²) in [6.07, 6.45) is 1.74. The second-order valence-electron chi connectivity index (χ2n) is 3.92. The highest BCUT2D eigenvalue weighted by Gasteiger charge is 2.10. The van der Waals surface area contributed by atoms with Gasteiger partial charge in [-0.15, -0.1) is 0 Å². The van der Waals surface area contributed by atoms with E-state index < -0.39 is 5.97 Å². The van der Waals surface area contributed by atoms with Crippen molar-refractivity contribution in [1.29, 1.82) is 0 Å². The molecule has 4 heteroatoms. The summed E-state index contributed by atoms with van der Waals surface area (Å²) in [7, 11) is 0. The van der Waals surface area contributed by atoms with Gasteiger partial charge in [0.2, 0.25) is 0 Å². The Bertz CT molecular complexity index is 560. The fourth-order valence-electron chi connectivity index (χ4n) is 1.71. The second kappa shape index (κ2) is 4.63. The van der Waals surface area contributed by atoms with E-state index in [1.54, 1.807) is 22.9 Å². The van der Waals surface area contributed by atoms with E-state index in [-0.39, 0.29) is 5.69 Å². The van der Waals surface area contributed by atoms with Crippen LogP contribution in [0.2, 0.25) is 5.02 Å². The van der Waals surface area contributed by atoms with Gasteiger partial charge in [0.25, 0.3) is 0 Å². The largest absolute Gasteiger partial charge is 0.477 e. The molecule has 0 aliphatic heterocycles. The van der Waals surface area contributed by atoms with Gasteiger partial charge >= 0.3 is 5.97 Å². The smallest absolute Gasteiger partial charge is 0.352 e. The summed E-state index contributed by atoms with van der Waals surface area (Å²) < 4.78 is 1.67. The molecule has 1 heterocycles. The molecule has 17 heavy (non-hydrogen) atoms. The molecule has 1 aromatic carbocycles. The van der Waals surface area contributed by atoms with Gasteiger partial charge in [0, 0.05) is 17.8 Å². The minimum absolute atomic E-state index is 0.265. The molecule has 0 aliphatic carbocycles. The summed E-state index contributed by atoms with van der Waals surface area (Å²) in [6.45, 7) is 2.43. The van der Waals surface area contributed by atoms with Crippen molar-refractivity contribution in [2.45, 2.75) is 13.5 Å². The number of hydrogen-bond donors (Lipinski definition) is 1. The van der Waals surface area contributed by atoms with Gasteiger partial charge in [-0.1, -0.05) is 23.7 Å². The highest BCUT2D eigenvalue weighted by Crippen LogP contribution is 2.19. The molecule has 0 bridgehead atoms. The Labute approximate surface area is 104 Å². The van der Waals surface area contributed by atoms with Crippen molar-refractivity contribution in [3.05, 3.63) is 58.4 Å². The molecular formula is C13H12ClNO2. The van der Waals surface area contributed by atoms with Crippen LogP contribution in [0, 0.1) is 6.92 Å². The van der Waals surface area contributed by atoms with E-state index in [0.717, 1.165) is 11.1 Å². The van der Waals surface area contributed by atoms with E-state index in [4.69, 9.17) is 16.7 Å². The maximum atomic E-state index is 11.0. The monoisotopic (exact) mass is 249 g/mol. The van der Waals surface area contributed by atoms with Gasteiger partial charge in [-0.05, 0) is 36.2 Å². The summed E-state index contributed by atoms with van der Waals surface area (Å²) in [5, 5.41) is 9.65. The number of rotatable bonds is 3. The Balaban J connectivity index is 2.31. The fourth-order valence-corrected chi connectivity index (χ4v) is 2.01. The zero-order chi connectivity index (χ0) is 12.4. The van der Waals surface area contributed by atoms with Gasteiger partial charge in [-0.3, -0.25) is 0 Å². The Morgan fingerprint density at radius 1 is 1.41 bits per heavy atom. The number of benzene rings is 1. The van der Waals surface area contributed by atoms with Crippen LogP contribution in [0.15, 0.2) is 36.5 Å². The first-order valence-corrected chi connectivity index (χ1v) is 5.59. The number of carboxylic acid groups (broad SMARTS) is 1. The summed E-state index contributed by atoms with van der Waals surface area (Å²) in [5.41, 5.74) is 2.27. The SMILES string of the molecule is Cc1ccc(Cn2cccc2C(=O)O)c(Cl)c1. The van der Waals surface area contributed by atoms with Crippen LogP contribution in [0.3, 0.4) is 0 Å². The van der Waals surface area contributed by atoms with Crippen LogP contribution in [0.25, 0.3) is 0 Å². The van der Waals surface area contributed by atoms with Gasteiger partial charge in [0.15, 0.2) is 0 Å². The zero-order valence-electron chi connectivity index (χ0n) is 9.35. The Hall–Kier alpha value is -1.74. The second-order valence-corrected chi connectivity index (χ2v) is 4.33. The van der Waals surface area contributed by atoms with Crippen LogP contribution in [-0.4, -0.2) is 15.6 Å². The van der Waals surface area contributed by atoms with E-state index in [2.05, 4.69) is 0 Å². The van der Waals surface area contributed by atoms with E-state index in [1.807, 2.05) is 25.1 Å². The molecule has 0 aliphatic rings. The molecule has 2 rings (SSSR count). The summed E-state index contributed by atoms with van der Waals surface area (Å²) >= 11 is 6.12. The van der Waals surface area contributed by atoms with Crippen LogP contribution in [0.1, 0.15) is 21.6 Å². The standard InChI is InChI=1S/C13H12ClNO2/c1-9-4-5-10(11(14)7-9)8-15-6-2-3-12(15)13(16)17/h2-7H,8H2,1H3,(H,16,17). The Morgan fingerprint density at radius 3 is 2.82 bits per heavy atom. The van der Waals surface area contributed by atoms with Crippen molar-refractivity contribution < 1.29 is 9.90 Å². The molecule has 1 aromatic heterocycles. The van der Waals surface area contributed by atoms with Crippen molar-refractivity contribution in [1.82, 2.24) is 4.57 Å². The molecule has 0 atom stereocenters. The van der Waals surface area contributed by atoms with Crippen molar-refractivity contribution in [3.63, 3.8) is 0 Å². The van der Waals surface area contributed by atoms with Crippen molar-refractivity contribution in [3.8, 4) is 0 Å². The van der Waals surface area contributed by atoms with Gasteiger partial charge in [-0.2, -0.15) is 0 Å². The predicted molar refractivity (Wildman–Crippen MR) is 66.7 cm³/mol. The topological polar surface area (TPSA) is 42.2 Å². The van der Waals surface area contributed by atoms with Crippen molar-refractivity contribution in [2.24, 2.45) is 0 Å². The molecule has 0 fully saturated rings. The van der Waals surface area contributed by atoms with E-state index in [1.165, 1.54) is 0 Å². The minimum Gasteiger partial charge on any atom is -0.477 e. The molecule has 1 N–H and O–H groups in total. The number of hydrogen-bond acceptors (Lipinski definition) is 1. The van der Waals surface area contributed by atoms with Crippen molar-refractivity contribution in [2.75, 3.05) is 0 Å². The molecular weight excluding hydrogens is 238 g/mol. The number of carboxylic acids is 1. The molecule has 0 spiro atoms. The van der Waals surface area contributed by atoms with E-state index >= 15 is 0 Å². The normalized spacial score (nSPS) is 10.5. The summed E-state index contributed by atoms with van der Waals surface area (Å²) in [4.78, 5) is 11.0. The van der Waals surface area contributed by atoms with Crippen LogP contribution in [0.5, 0.6) is 0 Å². The highest BCUT2D eigenvalue weighted by atomic mass is 35.5. The molecule has 3 nitrogen and oxygen atoms in total. The Morgan fingerprint density at radius 2 is 2.18 bits per heavy atom. The number of aromatic nitrogens is 1. The molecule has 2 aromatic rings. The molecule has 0 saturated carbocycles. The molecule has 0 radical (unpaired) electrons. The van der Waals surface area contributed by atoms with Gasteiger partial charge < -0.3 is 9.67 Å². The lowest BCUT2D eigenvalue weighted by Gasteiger charge is -2.08. The maximum absolute atomic E-state index is 11.0. The summed E-state index contributed by atoms with van der Waals surface area (Å²) in [5.74, 6) is -0.932. The van der Waals surface area contributed by atoms with Crippen molar-refractivity contribution >= 4 is 17.6 Å². The number of halogens is 1. The summed E-state index contributed by atoms with van der Waals surface area (Å²) in [6, 6.07) is 9.05. The third kappa shape index (κ3) is 2.50. The zero-order valence-corrected chi connectivity index (χ0v) is 10.1. The first-order chi connectivity index (χ1) is 8.08. The quantitative estimate of drug-likeness (QED) is 0.908. The number of carbonyl (C=O) groups is 1. The number of aryl methyl sites for hydroxylation is 1.